The van der Waals surface area contributed by atoms with Crippen LogP contribution in [0, 0.1) is 18.8 Å². The van der Waals surface area contributed by atoms with E-state index in [1.165, 1.54) is 11.9 Å². The molecule has 0 atom stereocenters. The molecule has 0 bridgehead atoms. The van der Waals surface area contributed by atoms with Crippen LogP contribution >= 0.6 is 0 Å². The van der Waals surface area contributed by atoms with Crippen LogP contribution in [0.5, 0.6) is 0 Å². The average molecular weight is 260 g/mol. The Morgan fingerprint density at radius 2 is 2.11 bits per heavy atom. The number of rotatable bonds is 3. The standard InChI is InChI=1S/C14H16N2O3/c1-10-5-6-12(11(8-10)4-3-7-17)14(19)16(2)9-13(15)18/h5-6,8,17H,7,9H2,1-2H3,(H2,15,18). The van der Waals surface area contributed by atoms with E-state index >= 15 is 0 Å². The largest absolute Gasteiger partial charge is 0.384 e. The van der Waals surface area contributed by atoms with E-state index in [-0.39, 0.29) is 19.1 Å². The number of benzene rings is 1. The van der Waals surface area contributed by atoms with Crippen LogP contribution < -0.4 is 5.73 Å². The summed E-state index contributed by atoms with van der Waals surface area (Å²) >= 11 is 0. The van der Waals surface area contributed by atoms with Crippen LogP contribution in [0.4, 0.5) is 0 Å². The number of primary amides is 1. The molecule has 0 saturated heterocycles. The van der Waals surface area contributed by atoms with Crippen molar-refractivity contribution in [3.05, 3.63) is 34.9 Å². The Morgan fingerprint density at radius 3 is 2.68 bits per heavy atom. The summed E-state index contributed by atoms with van der Waals surface area (Å²) in [5, 5.41) is 8.72. The number of aliphatic hydroxyl groups excluding tert-OH is 1. The Hall–Kier alpha value is -2.32. The number of likely N-dealkylation sites (N-methyl/N-ethyl adjacent to an activating group) is 1. The molecule has 3 N–H and O–H groups in total. The van der Waals surface area contributed by atoms with Gasteiger partial charge >= 0.3 is 0 Å². The van der Waals surface area contributed by atoms with Gasteiger partial charge in [0.25, 0.3) is 5.91 Å². The molecule has 0 aliphatic carbocycles. The summed E-state index contributed by atoms with van der Waals surface area (Å²) in [5.41, 5.74) is 6.92. The number of hydrogen-bond acceptors (Lipinski definition) is 3. The minimum absolute atomic E-state index is 0.153. The van der Waals surface area contributed by atoms with E-state index < -0.39 is 5.91 Å². The van der Waals surface area contributed by atoms with Gasteiger partial charge in [-0.3, -0.25) is 9.59 Å². The molecule has 0 aliphatic heterocycles. The first-order valence-electron chi connectivity index (χ1n) is 5.70. The fraction of sp³-hybridized carbons (Fsp3) is 0.286. The molecular formula is C14H16N2O3. The Morgan fingerprint density at radius 1 is 1.42 bits per heavy atom. The Labute approximate surface area is 112 Å². The molecule has 0 aromatic heterocycles. The zero-order valence-electron chi connectivity index (χ0n) is 10.9. The Bertz CT molecular complexity index is 556. The van der Waals surface area contributed by atoms with Crippen LogP contribution in [0.15, 0.2) is 18.2 Å². The van der Waals surface area contributed by atoms with Gasteiger partial charge < -0.3 is 15.7 Å². The van der Waals surface area contributed by atoms with Crippen molar-refractivity contribution in [1.82, 2.24) is 4.90 Å². The lowest BCUT2D eigenvalue weighted by Crippen LogP contribution is -2.35. The SMILES string of the molecule is Cc1ccc(C(=O)N(C)CC(N)=O)c(C#CCO)c1. The van der Waals surface area contributed by atoms with Gasteiger partial charge in [0.05, 0.1) is 12.1 Å². The molecule has 2 amide bonds. The zero-order valence-corrected chi connectivity index (χ0v) is 10.9. The van der Waals surface area contributed by atoms with Crippen LogP contribution in [0.2, 0.25) is 0 Å². The van der Waals surface area contributed by atoms with Crippen molar-refractivity contribution in [3.8, 4) is 11.8 Å². The number of aryl methyl sites for hydroxylation is 1. The number of carbonyl (C=O) groups is 2. The van der Waals surface area contributed by atoms with E-state index in [1.54, 1.807) is 18.2 Å². The van der Waals surface area contributed by atoms with Crippen molar-refractivity contribution in [3.63, 3.8) is 0 Å². The summed E-state index contributed by atoms with van der Waals surface area (Å²) in [6.07, 6.45) is 0. The molecule has 0 unspecified atom stereocenters. The molecule has 0 aliphatic rings. The fourth-order valence-corrected chi connectivity index (χ4v) is 1.59. The Kier molecular flexibility index (Phi) is 5.10. The fourth-order valence-electron chi connectivity index (χ4n) is 1.59. The third kappa shape index (κ3) is 4.12. The van der Waals surface area contributed by atoms with E-state index in [4.69, 9.17) is 10.8 Å². The average Bonchev–Trinajstić information content (AvgIpc) is 2.34. The number of aliphatic hydroxyl groups is 1. The molecule has 0 heterocycles. The number of amides is 2. The second kappa shape index (κ2) is 6.57. The van der Waals surface area contributed by atoms with E-state index in [2.05, 4.69) is 11.8 Å². The molecular weight excluding hydrogens is 244 g/mol. The summed E-state index contributed by atoms with van der Waals surface area (Å²) < 4.78 is 0. The van der Waals surface area contributed by atoms with Gasteiger partial charge in [-0.1, -0.05) is 17.9 Å². The predicted molar refractivity (Wildman–Crippen MR) is 71.3 cm³/mol. The maximum Gasteiger partial charge on any atom is 0.255 e. The molecule has 1 aromatic rings. The van der Waals surface area contributed by atoms with Gasteiger partial charge in [-0.2, -0.15) is 0 Å². The van der Waals surface area contributed by atoms with Crippen molar-refractivity contribution in [2.45, 2.75) is 6.92 Å². The van der Waals surface area contributed by atoms with Crippen LogP contribution in [0.25, 0.3) is 0 Å². The van der Waals surface area contributed by atoms with Crippen molar-refractivity contribution in [2.24, 2.45) is 5.73 Å². The van der Waals surface area contributed by atoms with Gasteiger partial charge in [-0.15, -0.1) is 0 Å². The van der Waals surface area contributed by atoms with E-state index in [9.17, 15) is 9.59 Å². The third-order valence-corrected chi connectivity index (χ3v) is 2.45. The maximum atomic E-state index is 12.2. The molecule has 0 fully saturated rings. The minimum Gasteiger partial charge on any atom is -0.384 e. The van der Waals surface area contributed by atoms with Gasteiger partial charge in [0.15, 0.2) is 0 Å². The van der Waals surface area contributed by atoms with E-state index in [0.717, 1.165) is 5.56 Å². The van der Waals surface area contributed by atoms with Crippen LogP contribution in [-0.4, -0.2) is 42.0 Å². The number of hydrogen-bond donors (Lipinski definition) is 2. The normalized spacial score (nSPS) is 9.42. The van der Waals surface area contributed by atoms with Crippen molar-refractivity contribution in [2.75, 3.05) is 20.2 Å². The van der Waals surface area contributed by atoms with Crippen LogP contribution in [0.1, 0.15) is 21.5 Å². The first-order valence-corrected chi connectivity index (χ1v) is 5.70. The lowest BCUT2D eigenvalue weighted by molar-refractivity contribution is -0.118. The molecule has 0 radical (unpaired) electrons. The lowest BCUT2D eigenvalue weighted by Gasteiger charge is -2.16. The third-order valence-electron chi connectivity index (χ3n) is 2.45. The predicted octanol–water partition coefficient (Wildman–Crippen LogP) is -0.104. The maximum absolute atomic E-state index is 12.2. The molecule has 5 heteroatoms. The highest BCUT2D eigenvalue weighted by atomic mass is 16.2. The van der Waals surface area contributed by atoms with Crippen molar-refractivity contribution >= 4 is 11.8 Å². The van der Waals surface area contributed by atoms with Crippen molar-refractivity contribution in [1.29, 1.82) is 0 Å². The van der Waals surface area contributed by atoms with Crippen LogP contribution in [-0.2, 0) is 4.79 Å². The van der Waals surface area contributed by atoms with Gasteiger partial charge in [-0.05, 0) is 24.6 Å². The van der Waals surface area contributed by atoms with Crippen LogP contribution in [0.3, 0.4) is 0 Å². The second-order valence-corrected chi connectivity index (χ2v) is 4.14. The van der Waals surface area contributed by atoms with Gasteiger partial charge in [0.1, 0.15) is 6.61 Å². The highest BCUT2D eigenvalue weighted by Gasteiger charge is 2.16. The molecule has 0 saturated carbocycles. The monoisotopic (exact) mass is 260 g/mol. The van der Waals surface area contributed by atoms with Crippen molar-refractivity contribution < 1.29 is 14.7 Å². The topological polar surface area (TPSA) is 83.6 Å². The van der Waals surface area contributed by atoms with E-state index in [1.807, 2.05) is 6.92 Å². The Balaban J connectivity index is 3.11. The number of nitrogens with two attached hydrogens (primary N) is 1. The molecule has 0 spiro atoms. The molecule has 1 rings (SSSR count). The molecule has 19 heavy (non-hydrogen) atoms. The number of nitrogens with zero attached hydrogens (tertiary/aromatic N) is 1. The first-order chi connectivity index (χ1) is 8.95. The first kappa shape index (κ1) is 14.7. The highest BCUT2D eigenvalue weighted by Crippen LogP contribution is 2.13. The summed E-state index contributed by atoms with van der Waals surface area (Å²) in [4.78, 5) is 24.2. The lowest BCUT2D eigenvalue weighted by atomic mass is 10.0. The number of carbonyl (C=O) groups excluding carboxylic acids is 2. The summed E-state index contributed by atoms with van der Waals surface area (Å²) in [6, 6.07) is 5.19. The summed E-state index contributed by atoms with van der Waals surface area (Å²) in [6.45, 7) is 1.45. The summed E-state index contributed by atoms with van der Waals surface area (Å²) in [7, 11) is 1.50. The minimum atomic E-state index is -0.578. The zero-order chi connectivity index (χ0) is 14.4. The quantitative estimate of drug-likeness (QED) is 0.744. The smallest absolute Gasteiger partial charge is 0.255 e. The van der Waals surface area contributed by atoms with E-state index in [0.29, 0.717) is 11.1 Å². The molecule has 100 valence electrons. The second-order valence-electron chi connectivity index (χ2n) is 4.14. The molecule has 1 aromatic carbocycles. The van der Waals surface area contributed by atoms with Gasteiger partial charge in [0, 0.05) is 12.6 Å². The highest BCUT2D eigenvalue weighted by molar-refractivity contribution is 5.98. The van der Waals surface area contributed by atoms with Gasteiger partial charge in [0.2, 0.25) is 5.91 Å². The molecule has 5 nitrogen and oxygen atoms in total. The van der Waals surface area contributed by atoms with Gasteiger partial charge in [-0.25, -0.2) is 0 Å². The summed E-state index contributed by atoms with van der Waals surface area (Å²) in [5.74, 6) is 4.33.